The second kappa shape index (κ2) is 8.43. The summed E-state index contributed by atoms with van der Waals surface area (Å²) in [6, 6.07) is 16.8. The Kier molecular flexibility index (Phi) is 5.69. The number of esters is 1. The number of thiazole rings is 1. The Morgan fingerprint density at radius 3 is 2.45 bits per heavy atom. The van der Waals surface area contributed by atoms with E-state index < -0.39 is 12.0 Å². The number of carbonyl (C=O) groups is 1. The zero-order chi connectivity index (χ0) is 22.1. The molecule has 1 aliphatic rings. The maximum atomic E-state index is 13.0. The van der Waals surface area contributed by atoms with Gasteiger partial charge in [0.2, 0.25) is 0 Å². The van der Waals surface area contributed by atoms with E-state index in [1.807, 2.05) is 78.0 Å². The van der Waals surface area contributed by atoms with Crippen LogP contribution in [0.2, 0.25) is 0 Å². The van der Waals surface area contributed by atoms with E-state index in [-0.39, 0.29) is 12.5 Å². The molecule has 2 heterocycles. The number of hydrogen-bond donors (Lipinski definition) is 1. The summed E-state index contributed by atoms with van der Waals surface area (Å²) < 4.78 is 12.5. The number of hydrogen-bond acceptors (Lipinski definition) is 6. The largest absolute Gasteiger partial charge is 0.497 e. The SMILES string of the molecule is CCOC(=O)C1=C(C)N(C)c2sc(-c3ccccc3)c(O)[n+]2C1c1ccc(OC)cc1. The van der Waals surface area contributed by atoms with Crippen molar-refractivity contribution >= 4 is 22.4 Å². The van der Waals surface area contributed by atoms with E-state index >= 15 is 0 Å². The Labute approximate surface area is 185 Å². The summed E-state index contributed by atoms with van der Waals surface area (Å²) in [7, 11) is 3.51. The van der Waals surface area contributed by atoms with Gasteiger partial charge in [-0.25, -0.2) is 9.69 Å². The van der Waals surface area contributed by atoms with E-state index in [0.717, 1.165) is 32.6 Å². The van der Waals surface area contributed by atoms with Crippen LogP contribution in [0.4, 0.5) is 5.13 Å². The standard InChI is InChI=1S/C24H24N2O4S/c1-5-30-23(28)19-15(2)25(3)24-26(20(19)16-11-13-18(29-4)14-12-16)22(27)21(31-24)17-9-7-6-8-10-17/h6-14,20H,5H2,1-4H3/p+1. The van der Waals surface area contributed by atoms with Crippen LogP contribution in [0.3, 0.4) is 0 Å². The number of aromatic nitrogens is 1. The molecule has 1 unspecified atom stereocenters. The lowest BCUT2D eigenvalue weighted by molar-refractivity contribution is -0.695. The van der Waals surface area contributed by atoms with E-state index in [1.54, 1.807) is 14.0 Å². The number of carbonyl (C=O) groups excluding carboxylic acids is 1. The molecule has 1 aliphatic heterocycles. The Morgan fingerprint density at radius 1 is 1.16 bits per heavy atom. The predicted octanol–water partition coefficient (Wildman–Crippen LogP) is 4.29. The van der Waals surface area contributed by atoms with E-state index in [1.165, 1.54) is 11.3 Å². The lowest BCUT2D eigenvalue weighted by Crippen LogP contribution is -2.50. The Bertz CT molecular complexity index is 1140. The van der Waals surface area contributed by atoms with Gasteiger partial charge in [0.15, 0.2) is 6.04 Å². The summed E-state index contributed by atoms with van der Waals surface area (Å²) in [5.74, 6) is 0.450. The van der Waals surface area contributed by atoms with Crippen LogP contribution in [-0.2, 0) is 9.53 Å². The maximum Gasteiger partial charge on any atom is 0.345 e. The predicted molar refractivity (Wildman–Crippen MR) is 120 cm³/mol. The lowest BCUT2D eigenvalue weighted by Gasteiger charge is -2.27. The van der Waals surface area contributed by atoms with Gasteiger partial charge in [-0.3, -0.25) is 0 Å². The number of fused-ring (bicyclic) bond motifs is 1. The van der Waals surface area contributed by atoms with Crippen molar-refractivity contribution in [1.82, 2.24) is 0 Å². The Hall–Kier alpha value is -3.32. The molecule has 160 valence electrons. The van der Waals surface area contributed by atoms with Gasteiger partial charge in [-0.05, 0) is 42.9 Å². The average Bonchev–Trinajstić information content (AvgIpc) is 3.14. The van der Waals surface area contributed by atoms with Gasteiger partial charge in [-0.2, -0.15) is 4.57 Å². The molecule has 0 amide bonds. The smallest absolute Gasteiger partial charge is 0.345 e. The summed E-state index contributed by atoms with van der Waals surface area (Å²) in [6.07, 6.45) is 0. The molecule has 1 atom stereocenters. The maximum absolute atomic E-state index is 13.0. The second-order valence-corrected chi connectivity index (χ2v) is 8.21. The first kappa shape index (κ1) is 20.9. The number of ether oxygens (including phenoxy) is 2. The fourth-order valence-electron chi connectivity index (χ4n) is 3.85. The second-order valence-electron chi connectivity index (χ2n) is 7.23. The normalized spacial score (nSPS) is 15.6. The fourth-order valence-corrected chi connectivity index (χ4v) is 5.04. The first-order valence-electron chi connectivity index (χ1n) is 10.1. The number of methoxy groups -OCH3 is 1. The molecule has 7 heteroatoms. The van der Waals surface area contributed by atoms with E-state index in [0.29, 0.717) is 5.57 Å². The molecule has 31 heavy (non-hydrogen) atoms. The molecule has 0 spiro atoms. The van der Waals surface area contributed by atoms with Crippen molar-refractivity contribution in [2.45, 2.75) is 19.9 Å². The van der Waals surface area contributed by atoms with Gasteiger partial charge < -0.3 is 14.6 Å². The monoisotopic (exact) mass is 437 g/mol. The van der Waals surface area contributed by atoms with Crippen LogP contribution >= 0.6 is 11.3 Å². The van der Waals surface area contributed by atoms with Crippen molar-refractivity contribution in [2.24, 2.45) is 0 Å². The highest BCUT2D eigenvalue weighted by Crippen LogP contribution is 2.44. The summed E-state index contributed by atoms with van der Waals surface area (Å²) in [5, 5.41) is 12.2. The quantitative estimate of drug-likeness (QED) is 0.477. The van der Waals surface area contributed by atoms with Crippen molar-refractivity contribution in [3.8, 4) is 22.1 Å². The van der Waals surface area contributed by atoms with Crippen molar-refractivity contribution in [2.75, 3.05) is 25.7 Å². The number of anilines is 1. The molecule has 0 bridgehead atoms. The molecule has 3 aromatic rings. The topological polar surface area (TPSA) is 62.9 Å². The molecule has 6 nitrogen and oxygen atoms in total. The van der Waals surface area contributed by atoms with Gasteiger partial charge in [0.25, 0.3) is 0 Å². The minimum atomic E-state index is -0.523. The highest BCUT2D eigenvalue weighted by Gasteiger charge is 2.45. The van der Waals surface area contributed by atoms with Crippen LogP contribution in [0.1, 0.15) is 25.5 Å². The van der Waals surface area contributed by atoms with Crippen LogP contribution in [0.25, 0.3) is 10.4 Å². The van der Waals surface area contributed by atoms with E-state index in [9.17, 15) is 9.90 Å². The van der Waals surface area contributed by atoms with Gasteiger partial charge in [-0.1, -0.05) is 42.5 Å². The van der Waals surface area contributed by atoms with Crippen molar-refractivity contribution in [3.05, 3.63) is 71.4 Å². The third-order valence-corrected chi connectivity index (χ3v) is 6.78. The molecule has 0 radical (unpaired) electrons. The van der Waals surface area contributed by atoms with Gasteiger partial charge in [0.05, 0.1) is 20.8 Å². The van der Waals surface area contributed by atoms with Crippen LogP contribution in [0, 0.1) is 0 Å². The number of nitrogens with zero attached hydrogens (tertiary/aromatic N) is 2. The van der Waals surface area contributed by atoms with Crippen LogP contribution in [-0.4, -0.2) is 31.8 Å². The third kappa shape index (κ3) is 3.55. The summed E-state index contributed by atoms with van der Waals surface area (Å²) >= 11 is 1.49. The van der Waals surface area contributed by atoms with E-state index in [2.05, 4.69) is 0 Å². The van der Waals surface area contributed by atoms with Crippen LogP contribution in [0.5, 0.6) is 11.6 Å². The number of rotatable bonds is 5. The molecule has 1 aromatic heterocycles. The first-order chi connectivity index (χ1) is 15.0. The van der Waals surface area contributed by atoms with Gasteiger partial charge in [-0.15, -0.1) is 0 Å². The molecule has 0 aliphatic carbocycles. The molecular formula is C24H25N2O4S+. The molecule has 4 rings (SSSR count). The minimum absolute atomic E-state index is 0.119. The Balaban J connectivity index is 1.95. The molecule has 0 saturated carbocycles. The summed E-state index contributed by atoms with van der Waals surface area (Å²) in [6.45, 7) is 3.97. The molecule has 1 N–H and O–H groups in total. The fraction of sp³-hybridized carbons (Fsp3) is 0.250. The van der Waals surface area contributed by atoms with Gasteiger partial charge in [0.1, 0.15) is 21.9 Å². The van der Waals surface area contributed by atoms with Gasteiger partial charge >= 0.3 is 17.0 Å². The van der Waals surface area contributed by atoms with E-state index in [4.69, 9.17) is 9.47 Å². The van der Waals surface area contributed by atoms with Crippen molar-refractivity contribution < 1.29 is 23.9 Å². The zero-order valence-electron chi connectivity index (χ0n) is 18.0. The van der Waals surface area contributed by atoms with Crippen molar-refractivity contribution in [3.63, 3.8) is 0 Å². The minimum Gasteiger partial charge on any atom is -0.497 e. The zero-order valence-corrected chi connectivity index (χ0v) is 18.8. The number of allylic oxidation sites excluding steroid dienone is 1. The van der Waals surface area contributed by atoms with Crippen LogP contribution < -0.4 is 14.2 Å². The average molecular weight is 438 g/mol. The highest BCUT2D eigenvalue weighted by atomic mass is 32.1. The molecule has 0 saturated heterocycles. The first-order valence-corrected chi connectivity index (χ1v) is 10.9. The molecular weight excluding hydrogens is 412 g/mol. The number of benzene rings is 2. The lowest BCUT2D eigenvalue weighted by atomic mass is 9.94. The number of aromatic hydroxyl groups is 1. The molecule has 0 fully saturated rings. The summed E-state index contributed by atoms with van der Waals surface area (Å²) in [4.78, 5) is 15.7. The molecule has 2 aromatic carbocycles. The Morgan fingerprint density at radius 2 is 1.84 bits per heavy atom. The third-order valence-electron chi connectivity index (χ3n) is 5.51. The van der Waals surface area contributed by atoms with Gasteiger partial charge in [0, 0.05) is 5.56 Å². The van der Waals surface area contributed by atoms with Crippen LogP contribution in [0.15, 0.2) is 65.9 Å². The highest BCUT2D eigenvalue weighted by molar-refractivity contribution is 7.18. The van der Waals surface area contributed by atoms with Crippen molar-refractivity contribution in [1.29, 1.82) is 0 Å². The summed E-state index contributed by atoms with van der Waals surface area (Å²) in [5.41, 5.74) is 3.07.